The topological polar surface area (TPSA) is 97.7 Å². The fraction of sp³-hybridized carbons (Fsp3) is 0.231. The predicted octanol–water partition coefficient (Wildman–Crippen LogP) is 2.09. The van der Waals surface area contributed by atoms with Gasteiger partial charge in [-0.05, 0) is 25.3 Å². The fourth-order valence-electron chi connectivity index (χ4n) is 2.01. The van der Waals surface area contributed by atoms with Crippen LogP contribution in [0, 0.1) is 6.92 Å². The molecule has 6 nitrogen and oxygen atoms in total. The molecule has 0 spiro atoms. The molecule has 0 aliphatic heterocycles. The summed E-state index contributed by atoms with van der Waals surface area (Å²) in [6, 6.07) is 10.0. The van der Waals surface area contributed by atoms with Crippen LogP contribution in [0.5, 0.6) is 0 Å². The van der Waals surface area contributed by atoms with Crippen LogP contribution in [0.1, 0.15) is 12.5 Å². The van der Waals surface area contributed by atoms with Crippen LogP contribution in [0.4, 0.5) is 0 Å². The van der Waals surface area contributed by atoms with Crippen LogP contribution in [0.2, 0.25) is 0 Å². The fourth-order valence-corrected chi connectivity index (χ4v) is 4.17. The summed E-state index contributed by atoms with van der Waals surface area (Å²) in [4.78, 5) is -0.0418. The van der Waals surface area contributed by atoms with E-state index in [0.29, 0.717) is 10.8 Å². The zero-order valence-electron chi connectivity index (χ0n) is 11.3. The predicted molar refractivity (Wildman–Crippen MR) is 78.0 cm³/mol. The molecule has 0 radical (unpaired) electrons. The highest BCUT2D eigenvalue weighted by atomic mass is 32.3. The smallest absolute Gasteiger partial charge is 0.263 e. The summed E-state index contributed by atoms with van der Waals surface area (Å²) < 4.78 is 59.1. The molecule has 2 aromatic carbocycles. The molecule has 1 atom stereocenters. The molecule has 2 rings (SSSR count). The first kappa shape index (κ1) is 15.9. The molecule has 0 saturated heterocycles. The lowest BCUT2D eigenvalue weighted by atomic mass is 10.1. The Morgan fingerprint density at radius 1 is 1.10 bits per heavy atom. The second-order valence-electron chi connectivity index (χ2n) is 4.62. The van der Waals surface area contributed by atoms with Gasteiger partial charge in [0.1, 0.15) is 0 Å². The molecule has 0 aromatic heterocycles. The van der Waals surface area contributed by atoms with E-state index in [2.05, 4.69) is 4.18 Å². The zero-order chi connectivity index (χ0) is 15.8. The van der Waals surface area contributed by atoms with Crippen LogP contribution >= 0.6 is 0 Å². The number of aryl methyl sites for hydroxylation is 1. The Labute approximate surface area is 123 Å². The van der Waals surface area contributed by atoms with Gasteiger partial charge in [-0.2, -0.15) is 8.42 Å². The largest absolute Gasteiger partial charge is 0.398 e. The Bertz CT molecular complexity index is 884. The lowest BCUT2D eigenvalue weighted by molar-refractivity contribution is 0.251. The summed E-state index contributed by atoms with van der Waals surface area (Å²) in [6.45, 7) is 2.87. The zero-order valence-corrected chi connectivity index (χ0v) is 13.0. The molecular weight excluding hydrogens is 316 g/mol. The van der Waals surface area contributed by atoms with Crippen molar-refractivity contribution < 1.29 is 25.6 Å². The Balaban J connectivity index is 2.62. The Morgan fingerprint density at radius 2 is 1.76 bits per heavy atom. The van der Waals surface area contributed by atoms with E-state index < -0.39 is 25.7 Å². The molecule has 0 amide bonds. The van der Waals surface area contributed by atoms with E-state index in [1.54, 1.807) is 24.3 Å². The maximum absolute atomic E-state index is 12.4. The lowest BCUT2D eigenvalue weighted by Crippen LogP contribution is -2.24. The third-order valence-electron chi connectivity index (χ3n) is 3.00. The van der Waals surface area contributed by atoms with Crippen LogP contribution in [-0.2, 0) is 24.4 Å². The van der Waals surface area contributed by atoms with Crippen molar-refractivity contribution in [3.8, 4) is 0 Å². The molecule has 0 fully saturated rings. The summed E-state index contributed by atoms with van der Waals surface area (Å²) in [5, 5.41) is 1.18. The van der Waals surface area contributed by atoms with E-state index in [4.69, 9.17) is 4.55 Å². The van der Waals surface area contributed by atoms with Gasteiger partial charge in [0.15, 0.2) is 5.44 Å². The van der Waals surface area contributed by atoms with Crippen LogP contribution in [-0.4, -0.2) is 26.8 Å². The minimum atomic E-state index is -4.86. The summed E-state index contributed by atoms with van der Waals surface area (Å²) in [6.07, 6.45) is 0. The highest BCUT2D eigenvalue weighted by Gasteiger charge is 2.29. The number of hydrogen-bond acceptors (Lipinski definition) is 5. The number of hydrogen-bond donors (Lipinski definition) is 1. The first-order chi connectivity index (χ1) is 9.61. The number of fused-ring (bicyclic) bond motifs is 1. The number of sulfone groups is 1. The monoisotopic (exact) mass is 330 g/mol. The molecular formula is C13H14O6S2. The van der Waals surface area contributed by atoms with Crippen LogP contribution in [0.3, 0.4) is 0 Å². The Hall–Kier alpha value is -1.48. The molecule has 8 heteroatoms. The number of rotatable bonds is 4. The second kappa shape index (κ2) is 5.38. The quantitative estimate of drug-likeness (QED) is 0.862. The van der Waals surface area contributed by atoms with Crippen molar-refractivity contribution in [3.05, 3.63) is 42.0 Å². The average molecular weight is 330 g/mol. The Morgan fingerprint density at radius 3 is 2.38 bits per heavy atom. The maximum Gasteiger partial charge on any atom is 0.398 e. The van der Waals surface area contributed by atoms with Gasteiger partial charge in [0, 0.05) is 5.39 Å². The molecule has 0 heterocycles. The summed E-state index contributed by atoms with van der Waals surface area (Å²) >= 11 is 0. The van der Waals surface area contributed by atoms with Crippen LogP contribution < -0.4 is 0 Å². The molecule has 1 N–H and O–H groups in total. The molecule has 0 saturated carbocycles. The van der Waals surface area contributed by atoms with Crippen molar-refractivity contribution in [1.29, 1.82) is 0 Å². The highest BCUT2D eigenvalue weighted by molar-refractivity contribution is 7.92. The average Bonchev–Trinajstić information content (AvgIpc) is 2.35. The minimum absolute atomic E-state index is 0.0418. The normalized spacial score (nSPS) is 14.2. The maximum atomic E-state index is 12.4. The lowest BCUT2D eigenvalue weighted by Gasteiger charge is -2.14. The van der Waals surface area contributed by atoms with E-state index in [1.807, 2.05) is 13.0 Å². The molecule has 114 valence electrons. The van der Waals surface area contributed by atoms with Gasteiger partial charge in [-0.1, -0.05) is 35.9 Å². The summed E-state index contributed by atoms with van der Waals surface area (Å²) in [5.74, 6) is 0. The van der Waals surface area contributed by atoms with E-state index in [-0.39, 0.29) is 4.90 Å². The van der Waals surface area contributed by atoms with Gasteiger partial charge >= 0.3 is 10.4 Å². The van der Waals surface area contributed by atoms with Crippen molar-refractivity contribution in [2.75, 3.05) is 0 Å². The first-order valence-electron chi connectivity index (χ1n) is 6.00. The molecule has 1 unspecified atom stereocenters. The van der Waals surface area contributed by atoms with Crippen molar-refractivity contribution in [2.45, 2.75) is 24.2 Å². The third kappa shape index (κ3) is 3.41. The summed E-state index contributed by atoms with van der Waals surface area (Å²) in [5.41, 5.74) is -0.855. The summed E-state index contributed by atoms with van der Waals surface area (Å²) in [7, 11) is -8.93. The van der Waals surface area contributed by atoms with Gasteiger partial charge in [0.2, 0.25) is 9.84 Å². The van der Waals surface area contributed by atoms with E-state index in [9.17, 15) is 16.8 Å². The van der Waals surface area contributed by atoms with Gasteiger partial charge in [-0.15, -0.1) is 0 Å². The number of benzene rings is 2. The molecule has 21 heavy (non-hydrogen) atoms. The standard InChI is InChI=1S/C13H14O6S2/c1-9-6-7-11-4-3-5-13(12(11)8-9)20(14,15)10(2)19-21(16,17)18/h3-8,10H,1-2H3,(H,16,17,18). The van der Waals surface area contributed by atoms with Gasteiger partial charge in [0.05, 0.1) is 4.90 Å². The van der Waals surface area contributed by atoms with Gasteiger partial charge in [0.25, 0.3) is 0 Å². The van der Waals surface area contributed by atoms with Crippen LogP contribution in [0.15, 0.2) is 41.3 Å². The Kier molecular flexibility index (Phi) is 4.07. The van der Waals surface area contributed by atoms with Crippen molar-refractivity contribution in [2.24, 2.45) is 0 Å². The van der Waals surface area contributed by atoms with Crippen LogP contribution in [0.25, 0.3) is 10.8 Å². The third-order valence-corrected chi connectivity index (χ3v) is 5.59. The van der Waals surface area contributed by atoms with Crippen molar-refractivity contribution >= 4 is 31.0 Å². The SMILES string of the molecule is Cc1ccc2cccc(S(=O)(=O)C(C)OS(=O)(=O)O)c2c1. The van der Waals surface area contributed by atoms with E-state index >= 15 is 0 Å². The molecule has 0 aliphatic rings. The first-order valence-corrected chi connectivity index (χ1v) is 8.91. The second-order valence-corrected chi connectivity index (χ2v) is 7.86. The minimum Gasteiger partial charge on any atom is -0.263 e. The molecule has 2 aromatic rings. The van der Waals surface area contributed by atoms with E-state index in [1.165, 1.54) is 6.07 Å². The van der Waals surface area contributed by atoms with Crippen molar-refractivity contribution in [1.82, 2.24) is 0 Å². The van der Waals surface area contributed by atoms with Gasteiger partial charge < -0.3 is 0 Å². The van der Waals surface area contributed by atoms with Crippen molar-refractivity contribution in [3.63, 3.8) is 0 Å². The van der Waals surface area contributed by atoms with Gasteiger partial charge in [-0.25, -0.2) is 12.6 Å². The van der Waals surface area contributed by atoms with Gasteiger partial charge in [-0.3, -0.25) is 4.55 Å². The van der Waals surface area contributed by atoms with E-state index in [0.717, 1.165) is 12.5 Å². The molecule has 0 bridgehead atoms. The molecule has 0 aliphatic carbocycles. The highest BCUT2D eigenvalue weighted by Crippen LogP contribution is 2.27.